The molecule has 1 amide bonds. The summed E-state index contributed by atoms with van der Waals surface area (Å²) in [4.78, 5) is 24.0. The summed E-state index contributed by atoms with van der Waals surface area (Å²) in [6.07, 6.45) is 0. The molecular weight excluding hydrogens is 449 g/mol. The van der Waals surface area contributed by atoms with Crippen molar-refractivity contribution in [2.75, 3.05) is 18.2 Å². The van der Waals surface area contributed by atoms with Crippen LogP contribution in [0.1, 0.15) is 47.1 Å². The van der Waals surface area contributed by atoms with Crippen LogP contribution in [0.4, 0.5) is 5.69 Å². The molecule has 0 aliphatic rings. The van der Waals surface area contributed by atoms with E-state index in [-0.39, 0.29) is 35.5 Å². The molecular formula is C25H34NNaO5S. The molecule has 2 rings (SSSR count). The topological polar surface area (TPSA) is 73.9 Å². The molecule has 6 nitrogen and oxygen atoms in total. The number of anilines is 1. The van der Waals surface area contributed by atoms with Crippen molar-refractivity contribution < 1.29 is 23.8 Å². The zero-order valence-corrected chi connectivity index (χ0v) is 20.7. The Morgan fingerprint density at radius 3 is 2.27 bits per heavy atom. The third kappa shape index (κ3) is 9.61. The van der Waals surface area contributed by atoms with Gasteiger partial charge in [0, 0.05) is 29.8 Å². The summed E-state index contributed by atoms with van der Waals surface area (Å²) in [6, 6.07) is 10.5. The van der Waals surface area contributed by atoms with Crippen LogP contribution in [0.3, 0.4) is 0 Å². The quantitative estimate of drug-likeness (QED) is 0.283. The van der Waals surface area contributed by atoms with E-state index in [0.717, 1.165) is 22.8 Å². The maximum atomic E-state index is 12.6. The molecule has 2 aromatic rings. The first-order chi connectivity index (χ1) is 15.0. The fourth-order valence-corrected chi connectivity index (χ4v) is 3.70. The van der Waals surface area contributed by atoms with Crippen LogP contribution >= 0.6 is 11.8 Å². The molecule has 0 unspecified atom stereocenters. The number of hydrogen-bond acceptors (Lipinski definition) is 6. The molecule has 0 saturated carbocycles. The van der Waals surface area contributed by atoms with E-state index in [9.17, 15) is 9.59 Å². The molecule has 176 valence electrons. The van der Waals surface area contributed by atoms with Gasteiger partial charge in [0.2, 0.25) is 5.91 Å². The molecule has 0 radical (unpaired) electrons. The number of carbonyl (C=O) groups is 2. The van der Waals surface area contributed by atoms with Crippen molar-refractivity contribution in [2.45, 2.75) is 47.3 Å². The maximum absolute atomic E-state index is 12.6. The zero-order valence-electron chi connectivity index (χ0n) is 19.9. The molecule has 0 saturated heterocycles. The number of esters is 1. The summed E-state index contributed by atoms with van der Waals surface area (Å²) >= 11 is 1.80. The Morgan fingerprint density at radius 1 is 1.03 bits per heavy atom. The fourth-order valence-electron chi connectivity index (χ4n) is 2.65. The van der Waals surface area contributed by atoms with Gasteiger partial charge in [0.25, 0.3) is 0 Å². The van der Waals surface area contributed by atoms with Gasteiger partial charge in [-0.3, -0.25) is 9.59 Å². The minimum absolute atomic E-state index is 0. The van der Waals surface area contributed by atoms with Gasteiger partial charge in [-0.2, -0.15) is 11.8 Å². The molecule has 0 aliphatic carbocycles. The van der Waals surface area contributed by atoms with E-state index in [1.807, 2.05) is 32.9 Å². The second kappa shape index (κ2) is 13.3. The average molecular weight is 484 g/mol. The molecule has 33 heavy (non-hydrogen) atoms. The van der Waals surface area contributed by atoms with Gasteiger partial charge in [-0.15, -0.1) is 0 Å². The first-order valence-electron chi connectivity index (χ1n) is 10.6. The van der Waals surface area contributed by atoms with Crippen LogP contribution < -0.4 is 19.5 Å². The summed E-state index contributed by atoms with van der Waals surface area (Å²) in [6.45, 7) is 11.3. The number of thioether (sulfide) groups is 1. The second-order valence-electron chi connectivity index (χ2n) is 8.94. The van der Waals surface area contributed by atoms with E-state index in [0.29, 0.717) is 28.9 Å². The van der Waals surface area contributed by atoms with Crippen LogP contribution in [-0.2, 0) is 15.3 Å². The van der Waals surface area contributed by atoms with E-state index in [4.69, 9.17) is 14.2 Å². The first-order valence-corrected chi connectivity index (χ1v) is 11.7. The van der Waals surface area contributed by atoms with E-state index < -0.39 is 11.4 Å². The molecule has 0 aromatic heterocycles. The second-order valence-corrected chi connectivity index (χ2v) is 9.97. The monoisotopic (exact) mass is 483 g/mol. The number of carbonyl (C=O) groups excluding carboxylic acids is 2. The SMILES string of the molecule is COc1ccc(OC(C)=O)c(Oc2ccc(NC(=O)C(C)(C)C)c(CSCC(C)C)c2)c1.[NaH]. The summed E-state index contributed by atoms with van der Waals surface area (Å²) in [5, 5.41) is 3.04. The van der Waals surface area contributed by atoms with Crippen molar-refractivity contribution in [3.63, 3.8) is 0 Å². The Labute approximate surface area is 223 Å². The van der Waals surface area contributed by atoms with Crippen LogP contribution in [0.2, 0.25) is 0 Å². The van der Waals surface area contributed by atoms with Gasteiger partial charge in [-0.05, 0) is 47.6 Å². The molecule has 2 aromatic carbocycles. The van der Waals surface area contributed by atoms with Gasteiger partial charge in [-0.25, -0.2) is 0 Å². The standard InChI is InChI=1S/C25H33NO5S.Na.H/c1-16(2)14-32-15-18-12-20(8-10-21(18)26-24(28)25(4,5)6)31-23-13-19(29-7)9-11-22(23)30-17(3)27;;/h8-13,16H,14-15H2,1-7H3,(H,26,28);;. The van der Waals surface area contributed by atoms with E-state index >= 15 is 0 Å². The summed E-state index contributed by atoms with van der Waals surface area (Å²) in [5.41, 5.74) is 1.22. The van der Waals surface area contributed by atoms with Crippen molar-refractivity contribution >= 4 is 58.9 Å². The molecule has 0 atom stereocenters. The predicted octanol–water partition coefficient (Wildman–Crippen LogP) is 5.64. The van der Waals surface area contributed by atoms with Crippen LogP contribution in [-0.4, -0.2) is 54.3 Å². The van der Waals surface area contributed by atoms with Gasteiger partial charge < -0.3 is 19.5 Å². The molecule has 0 heterocycles. The minimum atomic E-state index is -0.503. The molecule has 0 aliphatic heterocycles. The summed E-state index contributed by atoms with van der Waals surface area (Å²) in [7, 11) is 1.56. The third-order valence-electron chi connectivity index (χ3n) is 4.35. The van der Waals surface area contributed by atoms with Gasteiger partial charge >= 0.3 is 35.5 Å². The Bertz CT molecular complexity index is 956. The van der Waals surface area contributed by atoms with Gasteiger partial charge in [-0.1, -0.05) is 34.6 Å². The average Bonchev–Trinajstić information content (AvgIpc) is 2.69. The fraction of sp³-hybridized carbons (Fsp3) is 0.440. The van der Waals surface area contributed by atoms with Crippen molar-refractivity contribution in [1.29, 1.82) is 0 Å². The number of nitrogens with one attached hydrogen (secondary N) is 1. The number of benzene rings is 2. The predicted molar refractivity (Wildman–Crippen MR) is 137 cm³/mol. The Morgan fingerprint density at radius 2 is 1.70 bits per heavy atom. The summed E-state index contributed by atoms with van der Waals surface area (Å²) in [5.74, 6) is 3.63. The van der Waals surface area contributed by atoms with E-state index in [1.54, 1.807) is 43.1 Å². The van der Waals surface area contributed by atoms with Crippen LogP contribution in [0.15, 0.2) is 36.4 Å². The third-order valence-corrected chi connectivity index (χ3v) is 5.76. The number of rotatable bonds is 9. The van der Waals surface area contributed by atoms with Gasteiger partial charge in [0.1, 0.15) is 11.5 Å². The molecule has 8 heteroatoms. The normalized spacial score (nSPS) is 10.9. The van der Waals surface area contributed by atoms with Crippen molar-refractivity contribution in [3.8, 4) is 23.0 Å². The van der Waals surface area contributed by atoms with Crippen molar-refractivity contribution in [1.82, 2.24) is 0 Å². The molecule has 1 N–H and O–H groups in total. The zero-order chi connectivity index (χ0) is 23.9. The number of ether oxygens (including phenoxy) is 3. The molecule has 0 spiro atoms. The van der Waals surface area contributed by atoms with E-state index in [1.165, 1.54) is 6.92 Å². The van der Waals surface area contributed by atoms with Gasteiger partial charge in [0.05, 0.1) is 7.11 Å². The Kier molecular flexibility index (Phi) is 11.8. The first kappa shape index (κ1) is 29.4. The number of amides is 1. The van der Waals surface area contributed by atoms with Crippen LogP contribution in [0.25, 0.3) is 0 Å². The van der Waals surface area contributed by atoms with E-state index in [2.05, 4.69) is 19.2 Å². The Balaban J connectivity index is 0.00000544. The van der Waals surface area contributed by atoms with Crippen LogP contribution in [0, 0.1) is 11.3 Å². The molecule has 0 fully saturated rings. The molecule has 0 bridgehead atoms. The number of hydrogen-bond donors (Lipinski definition) is 1. The number of methoxy groups -OCH3 is 1. The van der Waals surface area contributed by atoms with Crippen LogP contribution in [0.5, 0.6) is 23.0 Å². The Hall–Kier alpha value is -1.67. The van der Waals surface area contributed by atoms with Crippen molar-refractivity contribution in [3.05, 3.63) is 42.0 Å². The van der Waals surface area contributed by atoms with Gasteiger partial charge in [0.15, 0.2) is 11.5 Å². The van der Waals surface area contributed by atoms with Crippen molar-refractivity contribution in [2.24, 2.45) is 11.3 Å². The summed E-state index contributed by atoms with van der Waals surface area (Å²) < 4.78 is 16.6.